The third kappa shape index (κ3) is 3.20. The van der Waals surface area contributed by atoms with Gasteiger partial charge in [-0.1, -0.05) is 48.5 Å². The Morgan fingerprint density at radius 2 is 1.96 bits per heavy atom. The van der Waals surface area contributed by atoms with E-state index in [9.17, 15) is 9.90 Å². The molecule has 2 heterocycles. The normalized spacial score (nSPS) is 24.4. The highest BCUT2D eigenvalue weighted by atomic mass is 16.5. The summed E-state index contributed by atoms with van der Waals surface area (Å²) in [5.41, 5.74) is 1.90. The summed E-state index contributed by atoms with van der Waals surface area (Å²) in [4.78, 5) is 14.5. The van der Waals surface area contributed by atoms with Crippen molar-refractivity contribution in [3.63, 3.8) is 0 Å². The lowest BCUT2D eigenvalue weighted by molar-refractivity contribution is -0.122. The van der Waals surface area contributed by atoms with E-state index >= 15 is 0 Å². The summed E-state index contributed by atoms with van der Waals surface area (Å²) in [6.07, 6.45) is 0. The summed E-state index contributed by atoms with van der Waals surface area (Å²) in [5, 5.41) is 13.1. The van der Waals surface area contributed by atoms with Crippen LogP contribution in [0.15, 0.2) is 54.6 Å². The lowest BCUT2D eigenvalue weighted by Gasteiger charge is -2.38. The third-order valence-corrected chi connectivity index (χ3v) is 5.54. The number of rotatable bonds is 5. The first-order valence-electron chi connectivity index (χ1n) is 9.06. The van der Waals surface area contributed by atoms with Crippen molar-refractivity contribution in [2.24, 2.45) is 5.41 Å². The zero-order valence-corrected chi connectivity index (χ0v) is 14.7. The van der Waals surface area contributed by atoms with Gasteiger partial charge in [-0.05, 0) is 17.2 Å². The molecule has 0 aliphatic carbocycles. The Morgan fingerprint density at radius 1 is 1.19 bits per heavy atom. The van der Waals surface area contributed by atoms with Crippen LogP contribution in [0, 0.1) is 5.41 Å². The minimum absolute atomic E-state index is 0.00907. The standard InChI is InChI=1S/C21H24N2O3/c24-14-21-13-23(12-20(25)22-10-16-6-2-1-3-7-16)11-18(21)17-8-4-5-9-19(17)26-15-21/h1-9,18,24H,10-15H2,(H,22,25)/t18-,21-/m1/s1. The van der Waals surface area contributed by atoms with Crippen LogP contribution in [0.25, 0.3) is 0 Å². The van der Waals surface area contributed by atoms with Crippen molar-refractivity contribution in [3.05, 3.63) is 65.7 Å². The van der Waals surface area contributed by atoms with E-state index < -0.39 is 0 Å². The number of hydrogen-bond acceptors (Lipinski definition) is 4. The summed E-state index contributed by atoms with van der Waals surface area (Å²) in [6.45, 7) is 2.86. The van der Waals surface area contributed by atoms with Crippen LogP contribution in [-0.4, -0.2) is 48.8 Å². The van der Waals surface area contributed by atoms with Gasteiger partial charge in [0.05, 0.1) is 19.8 Å². The number of para-hydroxylation sites is 1. The van der Waals surface area contributed by atoms with Crippen LogP contribution in [0.1, 0.15) is 17.0 Å². The van der Waals surface area contributed by atoms with Gasteiger partial charge in [-0.3, -0.25) is 9.69 Å². The minimum atomic E-state index is -0.325. The lowest BCUT2D eigenvalue weighted by atomic mass is 9.74. The molecular formula is C21H24N2O3. The molecular weight excluding hydrogens is 328 g/mol. The number of amides is 1. The van der Waals surface area contributed by atoms with Gasteiger partial charge in [-0.15, -0.1) is 0 Å². The molecule has 0 bridgehead atoms. The fourth-order valence-electron chi connectivity index (χ4n) is 4.15. The van der Waals surface area contributed by atoms with Crippen molar-refractivity contribution >= 4 is 5.91 Å². The number of benzene rings is 2. The van der Waals surface area contributed by atoms with Crippen molar-refractivity contribution in [1.29, 1.82) is 0 Å². The zero-order chi connectivity index (χ0) is 18.0. The Kier molecular flexibility index (Phi) is 4.66. The number of aliphatic hydroxyl groups excluding tert-OH is 1. The van der Waals surface area contributed by atoms with Crippen LogP contribution in [0.3, 0.4) is 0 Å². The van der Waals surface area contributed by atoms with E-state index in [1.165, 1.54) is 0 Å². The Hall–Kier alpha value is -2.37. The van der Waals surface area contributed by atoms with E-state index in [2.05, 4.69) is 16.3 Å². The number of ether oxygens (including phenoxy) is 1. The molecule has 136 valence electrons. The fourth-order valence-corrected chi connectivity index (χ4v) is 4.15. The molecule has 0 spiro atoms. The molecule has 2 aromatic rings. The molecule has 2 aliphatic heterocycles. The Balaban J connectivity index is 1.41. The van der Waals surface area contributed by atoms with E-state index in [1.807, 2.05) is 48.5 Å². The van der Waals surface area contributed by atoms with E-state index in [-0.39, 0.29) is 23.8 Å². The molecule has 0 unspecified atom stereocenters. The number of nitrogens with zero attached hydrogens (tertiary/aromatic N) is 1. The number of likely N-dealkylation sites (tertiary alicyclic amines) is 1. The number of carbonyl (C=O) groups excluding carboxylic acids is 1. The summed E-state index contributed by atoms with van der Waals surface area (Å²) in [5.74, 6) is 1.10. The third-order valence-electron chi connectivity index (χ3n) is 5.54. The second-order valence-electron chi connectivity index (χ2n) is 7.33. The molecule has 2 atom stereocenters. The molecule has 5 nitrogen and oxygen atoms in total. The summed E-state index contributed by atoms with van der Waals surface area (Å²) >= 11 is 0. The second kappa shape index (κ2) is 7.09. The molecule has 2 N–H and O–H groups in total. The van der Waals surface area contributed by atoms with E-state index in [4.69, 9.17) is 4.74 Å². The molecule has 4 rings (SSSR count). The van der Waals surface area contributed by atoms with Gasteiger partial charge in [0.15, 0.2) is 0 Å². The Bertz CT molecular complexity index is 780. The van der Waals surface area contributed by atoms with Gasteiger partial charge in [-0.2, -0.15) is 0 Å². The molecule has 2 aliphatic rings. The quantitative estimate of drug-likeness (QED) is 0.861. The van der Waals surface area contributed by atoms with Crippen LogP contribution in [0.4, 0.5) is 0 Å². The highest BCUT2D eigenvalue weighted by Gasteiger charge is 2.50. The van der Waals surface area contributed by atoms with Crippen LogP contribution in [0.5, 0.6) is 5.75 Å². The number of carbonyl (C=O) groups is 1. The molecule has 1 amide bonds. The zero-order valence-electron chi connectivity index (χ0n) is 14.7. The van der Waals surface area contributed by atoms with E-state index in [1.54, 1.807) is 0 Å². The van der Waals surface area contributed by atoms with Crippen LogP contribution in [0.2, 0.25) is 0 Å². The van der Waals surface area contributed by atoms with Gasteiger partial charge in [0.1, 0.15) is 5.75 Å². The molecule has 1 saturated heterocycles. The average molecular weight is 352 g/mol. The number of fused-ring (bicyclic) bond motifs is 3. The first kappa shape index (κ1) is 17.1. The van der Waals surface area contributed by atoms with Crippen molar-refractivity contribution in [3.8, 4) is 5.75 Å². The van der Waals surface area contributed by atoms with Crippen molar-refractivity contribution in [2.75, 3.05) is 32.8 Å². The van der Waals surface area contributed by atoms with Crippen molar-refractivity contribution in [1.82, 2.24) is 10.2 Å². The predicted molar refractivity (Wildman–Crippen MR) is 98.9 cm³/mol. The maximum Gasteiger partial charge on any atom is 0.234 e. The molecule has 26 heavy (non-hydrogen) atoms. The fraction of sp³-hybridized carbons (Fsp3) is 0.381. The topological polar surface area (TPSA) is 61.8 Å². The summed E-state index contributed by atoms with van der Waals surface area (Å²) in [7, 11) is 0. The summed E-state index contributed by atoms with van der Waals surface area (Å²) in [6, 6.07) is 17.9. The van der Waals surface area contributed by atoms with Crippen LogP contribution in [-0.2, 0) is 11.3 Å². The molecule has 2 aromatic carbocycles. The van der Waals surface area contributed by atoms with Gasteiger partial charge in [0.25, 0.3) is 0 Å². The van der Waals surface area contributed by atoms with Gasteiger partial charge in [0, 0.05) is 31.0 Å². The van der Waals surface area contributed by atoms with E-state index in [0.29, 0.717) is 26.2 Å². The largest absolute Gasteiger partial charge is 0.493 e. The second-order valence-corrected chi connectivity index (χ2v) is 7.33. The predicted octanol–water partition coefficient (Wildman–Crippen LogP) is 1.77. The molecule has 0 aromatic heterocycles. The summed E-state index contributed by atoms with van der Waals surface area (Å²) < 4.78 is 5.90. The number of hydrogen-bond donors (Lipinski definition) is 2. The first-order valence-corrected chi connectivity index (χ1v) is 9.06. The number of nitrogens with one attached hydrogen (secondary N) is 1. The van der Waals surface area contributed by atoms with E-state index in [0.717, 1.165) is 23.4 Å². The van der Waals surface area contributed by atoms with Crippen molar-refractivity contribution in [2.45, 2.75) is 12.5 Å². The lowest BCUT2D eigenvalue weighted by Crippen LogP contribution is -2.43. The molecule has 1 fully saturated rings. The first-order chi connectivity index (χ1) is 12.7. The number of aliphatic hydroxyl groups is 1. The van der Waals surface area contributed by atoms with Crippen LogP contribution >= 0.6 is 0 Å². The molecule has 5 heteroatoms. The van der Waals surface area contributed by atoms with Gasteiger partial charge < -0.3 is 15.2 Å². The molecule has 0 radical (unpaired) electrons. The highest BCUT2D eigenvalue weighted by Crippen LogP contribution is 2.49. The monoisotopic (exact) mass is 352 g/mol. The maximum atomic E-state index is 12.4. The maximum absolute atomic E-state index is 12.4. The van der Waals surface area contributed by atoms with Crippen LogP contribution < -0.4 is 10.1 Å². The van der Waals surface area contributed by atoms with Gasteiger partial charge in [-0.25, -0.2) is 0 Å². The Labute approximate surface area is 153 Å². The SMILES string of the molecule is O=C(CN1C[C@@H]2c3ccccc3OC[C@]2(CO)C1)NCc1ccccc1. The van der Waals surface area contributed by atoms with Crippen molar-refractivity contribution < 1.29 is 14.6 Å². The molecule has 0 saturated carbocycles. The Morgan fingerprint density at radius 3 is 2.77 bits per heavy atom. The van der Waals surface area contributed by atoms with Gasteiger partial charge >= 0.3 is 0 Å². The average Bonchev–Trinajstić information content (AvgIpc) is 3.06. The highest BCUT2D eigenvalue weighted by molar-refractivity contribution is 5.78. The van der Waals surface area contributed by atoms with Gasteiger partial charge in [0.2, 0.25) is 5.91 Å². The smallest absolute Gasteiger partial charge is 0.234 e. The minimum Gasteiger partial charge on any atom is -0.493 e.